The summed E-state index contributed by atoms with van der Waals surface area (Å²) in [6.07, 6.45) is 20.1. The van der Waals surface area contributed by atoms with Crippen LogP contribution < -0.4 is 0 Å². The third-order valence-electron chi connectivity index (χ3n) is 4.30. The molecule has 0 aromatic heterocycles. The number of carbonyl (C=O) groups excluding carboxylic acids is 1. The van der Waals surface area contributed by atoms with Crippen molar-refractivity contribution in [2.75, 3.05) is 13.7 Å². The van der Waals surface area contributed by atoms with Crippen LogP contribution in [0.15, 0.2) is 12.2 Å². The van der Waals surface area contributed by atoms with E-state index in [-0.39, 0.29) is 12.1 Å². The van der Waals surface area contributed by atoms with E-state index in [2.05, 4.69) is 23.8 Å². The van der Waals surface area contributed by atoms with Gasteiger partial charge in [0.05, 0.1) is 13.2 Å². The molecule has 1 atom stereocenters. The summed E-state index contributed by atoms with van der Waals surface area (Å²) in [7, 11) is 1.44. The number of hydrogen-bond acceptors (Lipinski definition) is 3. The van der Waals surface area contributed by atoms with Crippen molar-refractivity contribution in [3.63, 3.8) is 0 Å². The Kier molecular flexibility index (Phi) is 17.9. The van der Waals surface area contributed by atoms with Gasteiger partial charge in [-0.3, -0.25) is 4.79 Å². The first kappa shape index (κ1) is 23.2. The van der Waals surface area contributed by atoms with Crippen LogP contribution in [0.25, 0.3) is 0 Å². The molecule has 0 fully saturated rings. The monoisotopic (exact) mass is 340 g/mol. The van der Waals surface area contributed by atoms with Crippen LogP contribution >= 0.6 is 0 Å². The Bertz CT molecular complexity index is 299. The number of hydrogen-bond donors (Lipinski definition) is 0. The van der Waals surface area contributed by atoms with E-state index in [1.807, 2.05) is 6.92 Å². The number of carbonyl (C=O) groups is 1. The van der Waals surface area contributed by atoms with Crippen molar-refractivity contribution >= 4 is 5.97 Å². The molecule has 0 saturated heterocycles. The molecule has 3 heteroatoms. The largest absolute Gasteiger partial charge is 0.469 e. The lowest BCUT2D eigenvalue weighted by molar-refractivity contribution is -0.140. The fraction of sp³-hybridized carbons (Fsp3) is 0.857. The van der Waals surface area contributed by atoms with Crippen molar-refractivity contribution in [2.24, 2.45) is 0 Å². The summed E-state index contributed by atoms with van der Waals surface area (Å²) in [6, 6.07) is 0. The molecule has 0 unspecified atom stereocenters. The summed E-state index contributed by atoms with van der Waals surface area (Å²) >= 11 is 0. The van der Waals surface area contributed by atoms with Crippen LogP contribution in [0.2, 0.25) is 0 Å². The Morgan fingerprint density at radius 2 is 1.58 bits per heavy atom. The molecule has 0 aliphatic rings. The van der Waals surface area contributed by atoms with Gasteiger partial charge in [0.25, 0.3) is 0 Å². The van der Waals surface area contributed by atoms with Crippen molar-refractivity contribution in [3.8, 4) is 0 Å². The van der Waals surface area contributed by atoms with Gasteiger partial charge in [-0.1, -0.05) is 64.0 Å². The molecule has 0 spiro atoms. The minimum atomic E-state index is -0.117. The van der Waals surface area contributed by atoms with Crippen molar-refractivity contribution in [3.05, 3.63) is 12.2 Å². The van der Waals surface area contributed by atoms with E-state index in [4.69, 9.17) is 4.74 Å². The molecule has 0 saturated carbocycles. The van der Waals surface area contributed by atoms with Gasteiger partial charge in [-0.2, -0.15) is 0 Å². The molecule has 0 bridgehead atoms. The van der Waals surface area contributed by atoms with Gasteiger partial charge in [0, 0.05) is 13.0 Å². The minimum absolute atomic E-state index is 0.117. The minimum Gasteiger partial charge on any atom is -0.469 e. The molecule has 0 heterocycles. The average Bonchev–Trinajstić information content (AvgIpc) is 2.59. The normalized spacial score (nSPS) is 12.6. The Labute approximate surface area is 150 Å². The first-order valence-corrected chi connectivity index (χ1v) is 10.1. The second-order valence-electron chi connectivity index (χ2n) is 6.51. The zero-order chi connectivity index (χ0) is 17.9. The predicted octanol–water partition coefficient (Wildman–Crippen LogP) is 6.21. The highest BCUT2D eigenvalue weighted by molar-refractivity contribution is 5.68. The number of ether oxygens (including phenoxy) is 2. The van der Waals surface area contributed by atoms with E-state index < -0.39 is 0 Å². The first-order valence-electron chi connectivity index (χ1n) is 10.1. The molecule has 0 aliphatic heterocycles. The Hall–Kier alpha value is -0.830. The number of esters is 1. The van der Waals surface area contributed by atoms with Gasteiger partial charge < -0.3 is 9.47 Å². The maximum absolute atomic E-state index is 11.1. The third-order valence-corrected chi connectivity index (χ3v) is 4.30. The highest BCUT2D eigenvalue weighted by atomic mass is 16.5. The van der Waals surface area contributed by atoms with E-state index >= 15 is 0 Å². The molecular formula is C21H40O3. The zero-order valence-electron chi connectivity index (χ0n) is 16.4. The summed E-state index contributed by atoms with van der Waals surface area (Å²) in [5.74, 6) is -0.117. The summed E-state index contributed by atoms with van der Waals surface area (Å²) in [4.78, 5) is 11.1. The quantitative estimate of drug-likeness (QED) is 0.179. The van der Waals surface area contributed by atoms with Crippen LogP contribution in [0.3, 0.4) is 0 Å². The summed E-state index contributed by atoms with van der Waals surface area (Å²) in [5.41, 5.74) is 0. The molecule has 0 amide bonds. The predicted molar refractivity (Wildman–Crippen MR) is 102 cm³/mol. The lowest BCUT2D eigenvalue weighted by atomic mass is 10.1. The van der Waals surface area contributed by atoms with Crippen molar-refractivity contribution < 1.29 is 14.3 Å². The second kappa shape index (κ2) is 18.5. The van der Waals surface area contributed by atoms with Crippen LogP contribution in [-0.4, -0.2) is 25.8 Å². The molecule has 3 nitrogen and oxygen atoms in total. The van der Waals surface area contributed by atoms with E-state index in [0.717, 1.165) is 32.3 Å². The summed E-state index contributed by atoms with van der Waals surface area (Å²) < 4.78 is 10.4. The Morgan fingerprint density at radius 1 is 0.917 bits per heavy atom. The van der Waals surface area contributed by atoms with Gasteiger partial charge in [0.1, 0.15) is 0 Å². The van der Waals surface area contributed by atoms with Gasteiger partial charge in [-0.25, -0.2) is 0 Å². The number of allylic oxidation sites excluding steroid dienone is 1. The Morgan fingerprint density at radius 3 is 2.21 bits per heavy atom. The lowest BCUT2D eigenvalue weighted by Crippen LogP contribution is -2.10. The van der Waals surface area contributed by atoms with Crippen molar-refractivity contribution in [1.82, 2.24) is 0 Å². The number of rotatable bonds is 17. The van der Waals surface area contributed by atoms with Crippen molar-refractivity contribution in [1.29, 1.82) is 0 Å². The molecule has 0 aromatic rings. The van der Waals surface area contributed by atoms with Gasteiger partial charge in [-0.05, 0) is 39.0 Å². The molecule has 142 valence electrons. The summed E-state index contributed by atoms with van der Waals surface area (Å²) in [6.45, 7) is 5.04. The summed E-state index contributed by atoms with van der Waals surface area (Å²) in [5, 5.41) is 0. The van der Waals surface area contributed by atoms with E-state index in [0.29, 0.717) is 6.42 Å². The molecule has 0 aromatic carbocycles. The fourth-order valence-corrected chi connectivity index (χ4v) is 2.81. The average molecular weight is 341 g/mol. The SMILES string of the molecule is CCCCCCCCCC/C=C/[C@H](CCCCC(=O)OC)OCC. The van der Waals surface area contributed by atoms with Crippen LogP contribution in [0.5, 0.6) is 0 Å². The van der Waals surface area contributed by atoms with Gasteiger partial charge in [0.2, 0.25) is 0 Å². The first-order chi connectivity index (χ1) is 11.7. The maximum atomic E-state index is 11.1. The Balaban J connectivity index is 3.63. The molecule has 0 radical (unpaired) electrons. The molecule has 0 aliphatic carbocycles. The van der Waals surface area contributed by atoms with Crippen LogP contribution in [0, 0.1) is 0 Å². The van der Waals surface area contributed by atoms with E-state index in [1.165, 1.54) is 58.5 Å². The van der Waals surface area contributed by atoms with E-state index in [9.17, 15) is 4.79 Å². The highest BCUT2D eigenvalue weighted by Gasteiger charge is 2.05. The number of unbranched alkanes of at least 4 members (excludes halogenated alkanes) is 9. The fourth-order valence-electron chi connectivity index (χ4n) is 2.81. The van der Waals surface area contributed by atoms with Crippen molar-refractivity contribution in [2.45, 2.75) is 103 Å². The third kappa shape index (κ3) is 16.0. The molecule has 0 rings (SSSR count). The van der Waals surface area contributed by atoms with Gasteiger partial charge >= 0.3 is 5.97 Å². The zero-order valence-corrected chi connectivity index (χ0v) is 16.4. The topological polar surface area (TPSA) is 35.5 Å². The van der Waals surface area contributed by atoms with Crippen LogP contribution in [0.1, 0.15) is 97.3 Å². The lowest BCUT2D eigenvalue weighted by Gasteiger charge is -2.12. The molecular weight excluding hydrogens is 300 g/mol. The van der Waals surface area contributed by atoms with Gasteiger partial charge in [-0.15, -0.1) is 0 Å². The molecule has 24 heavy (non-hydrogen) atoms. The van der Waals surface area contributed by atoms with Crippen LogP contribution in [-0.2, 0) is 14.3 Å². The highest BCUT2D eigenvalue weighted by Crippen LogP contribution is 2.12. The van der Waals surface area contributed by atoms with Crippen LogP contribution in [0.4, 0.5) is 0 Å². The van der Waals surface area contributed by atoms with Gasteiger partial charge in [0.15, 0.2) is 0 Å². The molecule has 0 N–H and O–H groups in total. The van der Waals surface area contributed by atoms with E-state index in [1.54, 1.807) is 0 Å². The number of methoxy groups -OCH3 is 1. The second-order valence-corrected chi connectivity index (χ2v) is 6.51. The maximum Gasteiger partial charge on any atom is 0.305 e. The standard InChI is InChI=1S/C21H40O3/c1-4-6-7-8-9-10-11-12-13-14-17-20(24-5-2)18-15-16-19-21(22)23-3/h14,17,20H,4-13,15-16,18-19H2,1-3H3/b17-14+/t20-/m1/s1. The smallest absolute Gasteiger partial charge is 0.305 e.